The van der Waals surface area contributed by atoms with Gasteiger partial charge in [0.05, 0.1) is 17.1 Å². The molecule has 0 aliphatic carbocycles. The van der Waals surface area contributed by atoms with Gasteiger partial charge in [-0.25, -0.2) is 4.79 Å². The second-order valence-corrected chi connectivity index (χ2v) is 8.86. The molecule has 3 saturated heterocycles. The number of fused-ring (bicyclic) bond motifs is 4. The highest BCUT2D eigenvalue weighted by Crippen LogP contribution is 2.43. The van der Waals surface area contributed by atoms with Gasteiger partial charge in [-0.2, -0.15) is 0 Å². The van der Waals surface area contributed by atoms with Crippen molar-refractivity contribution in [2.75, 3.05) is 13.1 Å². The molecule has 3 aromatic rings. The number of para-hydroxylation sites is 1. The van der Waals surface area contributed by atoms with Crippen molar-refractivity contribution in [1.82, 2.24) is 9.88 Å². The van der Waals surface area contributed by atoms with E-state index in [9.17, 15) is 4.79 Å². The molecule has 1 unspecified atom stereocenters. The summed E-state index contributed by atoms with van der Waals surface area (Å²) in [6.07, 6.45) is 5.78. The first-order valence-electron chi connectivity index (χ1n) is 11.1. The first-order valence-corrected chi connectivity index (χ1v) is 11.1. The second kappa shape index (κ2) is 8.27. The molecule has 0 N–H and O–H groups in total. The highest BCUT2D eigenvalue weighted by atomic mass is 16.5. The van der Waals surface area contributed by atoms with Gasteiger partial charge in [0, 0.05) is 23.7 Å². The maximum absolute atomic E-state index is 13.2. The van der Waals surface area contributed by atoms with Crippen molar-refractivity contribution < 1.29 is 9.53 Å². The Kier molecular flexibility index (Phi) is 5.33. The zero-order chi connectivity index (χ0) is 21.4. The Morgan fingerprint density at radius 1 is 1.19 bits per heavy atom. The minimum absolute atomic E-state index is 0.162. The predicted molar refractivity (Wildman–Crippen MR) is 123 cm³/mol. The molecule has 3 aliphatic rings. The number of hydrogen-bond donors (Lipinski definition) is 0. The lowest BCUT2D eigenvalue weighted by molar-refractivity contribution is -0.0568. The largest absolute Gasteiger partial charge is 0.452 e. The van der Waals surface area contributed by atoms with Crippen molar-refractivity contribution in [3.05, 3.63) is 90.1 Å². The molecule has 3 fully saturated rings. The summed E-state index contributed by atoms with van der Waals surface area (Å²) in [6.45, 7) is 8.09. The van der Waals surface area contributed by atoms with Crippen LogP contribution in [-0.4, -0.2) is 35.0 Å². The first kappa shape index (κ1) is 20.0. The smallest absolute Gasteiger partial charge is 0.338 e. The fraction of sp³-hybridized carbons (Fsp3) is 0.333. The molecule has 158 valence electrons. The highest BCUT2D eigenvalue weighted by molar-refractivity contribution is 5.90. The zero-order valence-electron chi connectivity index (χ0n) is 17.9. The van der Waals surface area contributed by atoms with Crippen molar-refractivity contribution in [1.29, 1.82) is 0 Å². The van der Waals surface area contributed by atoms with Crippen molar-refractivity contribution in [3.63, 3.8) is 0 Å². The van der Waals surface area contributed by atoms with E-state index in [1.54, 1.807) is 0 Å². The fourth-order valence-corrected chi connectivity index (χ4v) is 5.28. The van der Waals surface area contributed by atoms with E-state index in [4.69, 9.17) is 4.74 Å². The van der Waals surface area contributed by atoms with E-state index in [0.29, 0.717) is 17.4 Å². The Hall–Kier alpha value is -2.98. The summed E-state index contributed by atoms with van der Waals surface area (Å²) in [5.41, 5.74) is 3.68. The molecule has 0 saturated carbocycles. The van der Waals surface area contributed by atoms with Crippen LogP contribution in [0.5, 0.6) is 0 Å². The SMILES string of the molecule is C=C[C@H]1CN2CC[C@H]1C[C@H]2[C@@H](OC(=O)c1ccc(C)cc1)c1ccnc2ccccc12. The minimum atomic E-state index is -0.338. The predicted octanol–water partition coefficient (Wildman–Crippen LogP) is 5.34. The molecule has 4 nitrogen and oxygen atoms in total. The van der Waals surface area contributed by atoms with Gasteiger partial charge >= 0.3 is 5.97 Å². The van der Waals surface area contributed by atoms with Crippen LogP contribution in [0.25, 0.3) is 10.9 Å². The summed E-state index contributed by atoms with van der Waals surface area (Å²) in [7, 11) is 0. The molecule has 3 aliphatic heterocycles. The van der Waals surface area contributed by atoms with Gasteiger partial charge in [-0.1, -0.05) is 42.0 Å². The van der Waals surface area contributed by atoms with Gasteiger partial charge in [0.1, 0.15) is 6.10 Å². The van der Waals surface area contributed by atoms with Gasteiger partial charge in [-0.15, -0.1) is 6.58 Å². The molecule has 31 heavy (non-hydrogen) atoms. The molecule has 4 heterocycles. The van der Waals surface area contributed by atoms with Crippen LogP contribution in [0.15, 0.2) is 73.4 Å². The number of ether oxygens (including phenoxy) is 1. The minimum Gasteiger partial charge on any atom is -0.452 e. The van der Waals surface area contributed by atoms with E-state index in [-0.39, 0.29) is 18.1 Å². The van der Waals surface area contributed by atoms with Crippen molar-refractivity contribution in [2.45, 2.75) is 31.9 Å². The maximum Gasteiger partial charge on any atom is 0.338 e. The summed E-state index contributed by atoms with van der Waals surface area (Å²) < 4.78 is 6.30. The molecule has 1 aromatic heterocycles. The van der Waals surface area contributed by atoms with E-state index in [1.807, 2.05) is 61.7 Å². The number of aromatic nitrogens is 1. The Balaban J connectivity index is 1.53. The number of rotatable bonds is 5. The highest BCUT2D eigenvalue weighted by Gasteiger charge is 2.44. The third kappa shape index (κ3) is 3.77. The van der Waals surface area contributed by atoms with Gasteiger partial charge in [0.15, 0.2) is 0 Å². The third-order valence-corrected chi connectivity index (χ3v) is 7.01. The lowest BCUT2D eigenvalue weighted by atomic mass is 9.73. The molecule has 2 aromatic carbocycles. The van der Waals surface area contributed by atoms with Crippen LogP contribution in [0.3, 0.4) is 0 Å². The van der Waals surface area contributed by atoms with Crippen LogP contribution in [-0.2, 0) is 4.74 Å². The Labute approximate surface area is 183 Å². The van der Waals surface area contributed by atoms with Crippen LogP contribution in [0, 0.1) is 18.8 Å². The van der Waals surface area contributed by atoms with Crippen LogP contribution in [0.2, 0.25) is 0 Å². The second-order valence-electron chi connectivity index (χ2n) is 8.86. The summed E-state index contributed by atoms with van der Waals surface area (Å²) in [5, 5.41) is 1.05. The number of benzene rings is 2. The molecule has 6 rings (SSSR count). The normalized spacial score (nSPS) is 25.8. The maximum atomic E-state index is 13.2. The molecular formula is C27H28N2O2. The molecule has 2 bridgehead atoms. The van der Waals surface area contributed by atoms with Crippen LogP contribution >= 0.6 is 0 Å². The Bertz CT molecular complexity index is 1100. The Morgan fingerprint density at radius 3 is 2.74 bits per heavy atom. The van der Waals surface area contributed by atoms with Gasteiger partial charge < -0.3 is 4.74 Å². The molecule has 5 atom stereocenters. The topological polar surface area (TPSA) is 42.4 Å². The average Bonchev–Trinajstić information content (AvgIpc) is 2.82. The van der Waals surface area contributed by atoms with Gasteiger partial charge in [-0.05, 0) is 62.4 Å². The van der Waals surface area contributed by atoms with Crippen LogP contribution in [0.4, 0.5) is 0 Å². The number of carbonyl (C=O) groups excluding carboxylic acids is 1. The molecule has 4 heteroatoms. The zero-order valence-corrected chi connectivity index (χ0v) is 17.9. The van der Waals surface area contributed by atoms with Crippen LogP contribution < -0.4 is 0 Å². The average molecular weight is 413 g/mol. The molecular weight excluding hydrogens is 384 g/mol. The van der Waals surface area contributed by atoms with Crippen LogP contribution in [0.1, 0.15) is 40.4 Å². The van der Waals surface area contributed by atoms with E-state index >= 15 is 0 Å². The van der Waals surface area contributed by atoms with E-state index < -0.39 is 0 Å². The van der Waals surface area contributed by atoms with E-state index in [0.717, 1.165) is 41.5 Å². The summed E-state index contributed by atoms with van der Waals surface area (Å²) in [5.74, 6) is 0.850. The van der Waals surface area contributed by atoms with Crippen molar-refractivity contribution >= 4 is 16.9 Å². The third-order valence-electron chi connectivity index (χ3n) is 7.01. The molecule has 0 radical (unpaired) electrons. The lowest BCUT2D eigenvalue weighted by Gasteiger charge is -2.51. The van der Waals surface area contributed by atoms with Crippen molar-refractivity contribution in [2.24, 2.45) is 11.8 Å². The van der Waals surface area contributed by atoms with Gasteiger partial charge in [0.25, 0.3) is 0 Å². The number of piperidine rings is 3. The van der Waals surface area contributed by atoms with E-state index in [1.165, 1.54) is 6.42 Å². The van der Waals surface area contributed by atoms with Crippen molar-refractivity contribution in [3.8, 4) is 0 Å². The summed E-state index contributed by atoms with van der Waals surface area (Å²) >= 11 is 0. The van der Waals surface area contributed by atoms with Gasteiger partial charge in [0.2, 0.25) is 0 Å². The lowest BCUT2D eigenvalue weighted by Crippen LogP contribution is -2.55. The summed E-state index contributed by atoms with van der Waals surface area (Å²) in [4.78, 5) is 20.2. The first-order chi connectivity index (χ1) is 15.1. The number of aryl methyl sites for hydroxylation is 1. The number of hydrogen-bond acceptors (Lipinski definition) is 4. The molecule has 0 amide bonds. The standard InChI is InChI=1S/C27H28N2O2/c1-3-19-17-29-15-13-21(19)16-25(29)26(31-27(30)20-10-8-18(2)9-11-20)23-12-14-28-24-7-5-4-6-22(23)24/h3-12,14,19,21,25-26H,1,13,15-17H2,2H3/t19-,21-,25-,26-/m0/s1. The molecule has 0 spiro atoms. The number of nitrogens with zero attached hydrogens (tertiary/aromatic N) is 2. The van der Waals surface area contributed by atoms with Gasteiger partial charge in [-0.3, -0.25) is 9.88 Å². The number of pyridine rings is 1. The van der Waals surface area contributed by atoms with E-state index in [2.05, 4.69) is 28.6 Å². The fourth-order valence-electron chi connectivity index (χ4n) is 5.28. The monoisotopic (exact) mass is 412 g/mol. The quantitative estimate of drug-likeness (QED) is 0.419. The Morgan fingerprint density at radius 2 is 2.00 bits per heavy atom. The number of carbonyl (C=O) groups is 1. The summed E-state index contributed by atoms with van der Waals surface area (Å²) in [6, 6.07) is 17.9. The number of esters is 1.